The minimum absolute atomic E-state index is 0.287. The zero-order chi connectivity index (χ0) is 23.7. The molecule has 1 unspecified atom stereocenters. The lowest BCUT2D eigenvalue weighted by molar-refractivity contribution is 0.264. The molecular weight excluding hydrogens is 414 g/mol. The van der Waals surface area contributed by atoms with E-state index in [-0.39, 0.29) is 5.38 Å². The van der Waals surface area contributed by atoms with Crippen LogP contribution in [0.4, 0.5) is 0 Å². The molecule has 32 heavy (non-hydrogen) atoms. The summed E-state index contributed by atoms with van der Waals surface area (Å²) in [6.07, 6.45) is 20.4. The summed E-state index contributed by atoms with van der Waals surface area (Å²) in [5.41, 5.74) is 0. The van der Waals surface area contributed by atoms with Crippen LogP contribution in [0.25, 0.3) is 0 Å². The van der Waals surface area contributed by atoms with E-state index in [1.807, 2.05) is 0 Å². The molecule has 0 radical (unpaired) electrons. The van der Waals surface area contributed by atoms with Crippen molar-refractivity contribution in [3.05, 3.63) is 0 Å². The van der Waals surface area contributed by atoms with Crippen LogP contribution in [0.5, 0.6) is 0 Å². The van der Waals surface area contributed by atoms with Crippen LogP contribution in [0.3, 0.4) is 0 Å². The number of rotatable bonds is 26. The van der Waals surface area contributed by atoms with E-state index in [1.165, 1.54) is 96.4 Å². The molecule has 0 aliphatic heterocycles. The molecule has 0 aromatic carbocycles. The second-order valence-corrected chi connectivity index (χ2v) is 10.9. The van der Waals surface area contributed by atoms with Crippen molar-refractivity contribution in [3.8, 4) is 0 Å². The Morgan fingerprint density at radius 3 is 1.59 bits per heavy atom. The first-order valence-electron chi connectivity index (χ1n) is 14.4. The highest BCUT2D eigenvalue weighted by Crippen LogP contribution is 2.12. The predicted octanol–water partition coefficient (Wildman–Crippen LogP) is 7.62. The van der Waals surface area contributed by atoms with E-state index in [0.29, 0.717) is 0 Å². The van der Waals surface area contributed by atoms with Gasteiger partial charge in [0.15, 0.2) is 0 Å². The molecule has 1 atom stereocenters. The molecule has 0 rings (SSSR count). The molecule has 0 heterocycles. The second-order valence-electron chi connectivity index (χ2n) is 10.3. The van der Waals surface area contributed by atoms with Gasteiger partial charge in [0.1, 0.15) is 0 Å². The maximum absolute atomic E-state index is 6.56. The standard InChI is InChI=1S/C28H60ClN3/c1-5-7-9-11-13-15-17-19-28(29)26-31-21-24-32(23-20-30-25-27(3)4)22-18-16-14-12-10-8-6-2/h27-28,30-31H,5-26H2,1-4H3. The van der Waals surface area contributed by atoms with Crippen LogP contribution in [0.15, 0.2) is 0 Å². The van der Waals surface area contributed by atoms with Gasteiger partial charge in [-0.2, -0.15) is 0 Å². The van der Waals surface area contributed by atoms with Crippen molar-refractivity contribution in [2.45, 2.75) is 129 Å². The van der Waals surface area contributed by atoms with E-state index >= 15 is 0 Å². The van der Waals surface area contributed by atoms with E-state index in [9.17, 15) is 0 Å². The summed E-state index contributed by atoms with van der Waals surface area (Å²) >= 11 is 6.56. The van der Waals surface area contributed by atoms with Crippen LogP contribution in [0, 0.1) is 5.92 Å². The lowest BCUT2D eigenvalue weighted by Crippen LogP contribution is -2.39. The molecule has 0 fully saturated rings. The summed E-state index contributed by atoms with van der Waals surface area (Å²) in [7, 11) is 0. The van der Waals surface area contributed by atoms with Gasteiger partial charge < -0.3 is 15.5 Å². The summed E-state index contributed by atoms with van der Waals surface area (Å²) in [5, 5.41) is 7.52. The van der Waals surface area contributed by atoms with E-state index in [2.05, 4.69) is 43.2 Å². The smallest absolute Gasteiger partial charge is 0.0460 e. The summed E-state index contributed by atoms with van der Waals surface area (Å²) in [5.74, 6) is 0.727. The number of hydrogen-bond donors (Lipinski definition) is 2. The number of alkyl halides is 1. The molecule has 0 saturated heterocycles. The average molecular weight is 474 g/mol. The monoisotopic (exact) mass is 473 g/mol. The normalized spacial score (nSPS) is 12.8. The first kappa shape index (κ1) is 32.2. The number of halogens is 1. The predicted molar refractivity (Wildman–Crippen MR) is 147 cm³/mol. The third kappa shape index (κ3) is 24.8. The first-order chi connectivity index (χ1) is 15.6. The minimum Gasteiger partial charge on any atom is -0.315 e. The Labute approximate surface area is 208 Å². The van der Waals surface area contributed by atoms with Crippen LogP contribution in [0.2, 0.25) is 0 Å². The van der Waals surface area contributed by atoms with Gasteiger partial charge in [0.25, 0.3) is 0 Å². The lowest BCUT2D eigenvalue weighted by Gasteiger charge is -2.23. The molecule has 0 aromatic rings. The molecule has 0 spiro atoms. The maximum Gasteiger partial charge on any atom is 0.0460 e. The molecule has 0 aromatic heterocycles. The molecule has 3 nitrogen and oxygen atoms in total. The van der Waals surface area contributed by atoms with Crippen molar-refractivity contribution in [2.24, 2.45) is 5.92 Å². The van der Waals surface area contributed by atoms with Gasteiger partial charge in [0.05, 0.1) is 0 Å². The van der Waals surface area contributed by atoms with E-state index in [0.717, 1.165) is 51.6 Å². The van der Waals surface area contributed by atoms with Crippen molar-refractivity contribution in [1.82, 2.24) is 15.5 Å². The molecule has 0 aliphatic carbocycles. The largest absolute Gasteiger partial charge is 0.315 e. The highest BCUT2D eigenvalue weighted by atomic mass is 35.5. The van der Waals surface area contributed by atoms with Gasteiger partial charge in [-0.25, -0.2) is 0 Å². The van der Waals surface area contributed by atoms with Crippen molar-refractivity contribution in [3.63, 3.8) is 0 Å². The quantitative estimate of drug-likeness (QED) is 0.0998. The minimum atomic E-state index is 0.287. The van der Waals surface area contributed by atoms with E-state index in [4.69, 9.17) is 11.6 Å². The fourth-order valence-electron chi connectivity index (χ4n) is 4.18. The maximum atomic E-state index is 6.56. The van der Waals surface area contributed by atoms with Gasteiger partial charge in [-0.05, 0) is 31.8 Å². The Morgan fingerprint density at radius 2 is 1.06 bits per heavy atom. The zero-order valence-corrected chi connectivity index (χ0v) is 23.3. The zero-order valence-electron chi connectivity index (χ0n) is 22.5. The Morgan fingerprint density at radius 1 is 0.594 bits per heavy atom. The summed E-state index contributed by atoms with van der Waals surface area (Å²) < 4.78 is 0. The van der Waals surface area contributed by atoms with Crippen LogP contribution in [-0.2, 0) is 0 Å². The number of unbranched alkanes of at least 4 members (excludes halogenated alkanes) is 12. The molecule has 0 saturated carbocycles. The third-order valence-corrected chi connectivity index (χ3v) is 6.70. The molecule has 194 valence electrons. The first-order valence-corrected chi connectivity index (χ1v) is 14.8. The Kier molecular flexibility index (Phi) is 25.9. The van der Waals surface area contributed by atoms with E-state index < -0.39 is 0 Å². The van der Waals surface area contributed by atoms with Gasteiger partial charge in [-0.1, -0.05) is 111 Å². The number of hydrogen-bond acceptors (Lipinski definition) is 3. The molecule has 4 heteroatoms. The van der Waals surface area contributed by atoms with E-state index in [1.54, 1.807) is 0 Å². The van der Waals surface area contributed by atoms with Crippen molar-refractivity contribution >= 4 is 11.6 Å². The Hall–Kier alpha value is 0.170. The van der Waals surface area contributed by atoms with Gasteiger partial charge in [-0.3, -0.25) is 0 Å². The van der Waals surface area contributed by atoms with Gasteiger partial charge in [-0.15, -0.1) is 11.6 Å². The summed E-state index contributed by atoms with van der Waals surface area (Å²) in [6.45, 7) is 16.9. The van der Waals surface area contributed by atoms with Crippen LogP contribution < -0.4 is 10.6 Å². The second kappa shape index (κ2) is 25.8. The molecule has 0 bridgehead atoms. The highest BCUT2D eigenvalue weighted by Gasteiger charge is 2.07. The van der Waals surface area contributed by atoms with Crippen LogP contribution >= 0.6 is 11.6 Å². The summed E-state index contributed by atoms with van der Waals surface area (Å²) in [4.78, 5) is 2.64. The average Bonchev–Trinajstić information content (AvgIpc) is 2.77. The SMILES string of the molecule is CCCCCCCCCC(Cl)CNCCN(CCCCCCCCC)CCNCC(C)C. The van der Waals surface area contributed by atoms with Gasteiger partial charge in [0.2, 0.25) is 0 Å². The van der Waals surface area contributed by atoms with Crippen molar-refractivity contribution < 1.29 is 0 Å². The number of nitrogens with zero attached hydrogens (tertiary/aromatic N) is 1. The Balaban J connectivity index is 3.87. The van der Waals surface area contributed by atoms with Crippen LogP contribution in [0.1, 0.15) is 124 Å². The fourth-order valence-corrected chi connectivity index (χ4v) is 4.44. The number of nitrogens with one attached hydrogen (secondary N) is 2. The molecular formula is C28H60ClN3. The van der Waals surface area contributed by atoms with Gasteiger partial charge >= 0.3 is 0 Å². The Bertz CT molecular complexity index is 352. The molecule has 0 aliphatic rings. The van der Waals surface area contributed by atoms with Crippen molar-refractivity contribution in [2.75, 3.05) is 45.8 Å². The summed E-state index contributed by atoms with van der Waals surface area (Å²) in [6, 6.07) is 0. The molecule has 2 N–H and O–H groups in total. The fraction of sp³-hybridized carbons (Fsp3) is 1.00. The highest BCUT2D eigenvalue weighted by molar-refractivity contribution is 6.20. The lowest BCUT2D eigenvalue weighted by atomic mass is 10.1. The van der Waals surface area contributed by atoms with Crippen LogP contribution in [-0.4, -0.2) is 56.1 Å². The third-order valence-electron chi connectivity index (χ3n) is 6.33. The van der Waals surface area contributed by atoms with Gasteiger partial charge in [0, 0.05) is 38.1 Å². The topological polar surface area (TPSA) is 27.3 Å². The van der Waals surface area contributed by atoms with Crippen molar-refractivity contribution in [1.29, 1.82) is 0 Å². The molecule has 0 amide bonds.